The summed E-state index contributed by atoms with van der Waals surface area (Å²) in [6.45, 7) is 6.20. The van der Waals surface area contributed by atoms with Gasteiger partial charge in [0.15, 0.2) is 5.69 Å². The van der Waals surface area contributed by atoms with Crippen LogP contribution in [0.1, 0.15) is 59.9 Å². The molecule has 4 rings (SSSR count). The molecule has 0 radical (unpaired) electrons. The van der Waals surface area contributed by atoms with Crippen LogP contribution in [0.3, 0.4) is 0 Å². The molecule has 1 aromatic carbocycles. The van der Waals surface area contributed by atoms with Crippen molar-refractivity contribution < 1.29 is 9.90 Å². The normalized spacial score (nSPS) is 19.2. The van der Waals surface area contributed by atoms with Crippen LogP contribution in [0.15, 0.2) is 30.3 Å². The molecule has 0 spiro atoms. The van der Waals surface area contributed by atoms with Crippen LogP contribution in [-0.2, 0) is 25.9 Å². The molecular weight excluding hydrogens is 376 g/mol. The lowest BCUT2D eigenvalue weighted by Crippen LogP contribution is -2.41. The van der Waals surface area contributed by atoms with E-state index < -0.39 is 0 Å². The van der Waals surface area contributed by atoms with Gasteiger partial charge in [-0.2, -0.15) is 5.10 Å². The van der Waals surface area contributed by atoms with Crippen LogP contribution in [0.25, 0.3) is 0 Å². The number of piperidine rings is 1. The Morgan fingerprint density at radius 3 is 2.67 bits per heavy atom. The van der Waals surface area contributed by atoms with Crippen LogP contribution >= 0.6 is 0 Å². The second kappa shape index (κ2) is 9.75. The Hall–Kier alpha value is -2.18. The molecule has 0 bridgehead atoms. The van der Waals surface area contributed by atoms with Gasteiger partial charge in [-0.25, -0.2) is 0 Å². The molecule has 1 fully saturated rings. The van der Waals surface area contributed by atoms with Crippen LogP contribution in [0.5, 0.6) is 0 Å². The summed E-state index contributed by atoms with van der Waals surface area (Å²) < 4.78 is 2.04. The van der Waals surface area contributed by atoms with Gasteiger partial charge < -0.3 is 10.0 Å². The van der Waals surface area contributed by atoms with Gasteiger partial charge in [0.05, 0.1) is 6.61 Å². The van der Waals surface area contributed by atoms with Crippen molar-refractivity contribution in [3.05, 3.63) is 52.8 Å². The molecular formula is C24H34N4O2. The van der Waals surface area contributed by atoms with E-state index in [0.29, 0.717) is 18.3 Å². The van der Waals surface area contributed by atoms with E-state index in [0.717, 1.165) is 63.8 Å². The van der Waals surface area contributed by atoms with Gasteiger partial charge in [0, 0.05) is 50.0 Å². The monoisotopic (exact) mass is 410 g/mol. The molecule has 162 valence electrons. The fourth-order valence-electron chi connectivity index (χ4n) is 5.00. The first-order valence-electron chi connectivity index (χ1n) is 11.5. The Bertz CT molecular complexity index is 842. The highest BCUT2D eigenvalue weighted by molar-refractivity contribution is 5.94. The Morgan fingerprint density at radius 2 is 1.97 bits per heavy atom. The van der Waals surface area contributed by atoms with Crippen molar-refractivity contribution in [2.75, 3.05) is 26.2 Å². The van der Waals surface area contributed by atoms with Crippen molar-refractivity contribution in [2.45, 2.75) is 64.6 Å². The molecule has 1 aromatic heterocycles. The maximum atomic E-state index is 13.3. The Labute approximate surface area is 179 Å². The highest BCUT2D eigenvalue weighted by Crippen LogP contribution is 2.29. The molecule has 2 heterocycles. The van der Waals surface area contributed by atoms with Gasteiger partial charge in [0.25, 0.3) is 5.91 Å². The number of likely N-dealkylation sites (tertiary alicyclic amines) is 1. The third kappa shape index (κ3) is 4.44. The van der Waals surface area contributed by atoms with Crippen LogP contribution in [0.4, 0.5) is 0 Å². The third-order valence-corrected chi connectivity index (χ3v) is 6.60. The summed E-state index contributed by atoms with van der Waals surface area (Å²) in [6, 6.07) is 10.7. The lowest BCUT2D eigenvalue weighted by Gasteiger charge is -2.34. The summed E-state index contributed by atoms with van der Waals surface area (Å²) >= 11 is 0. The summed E-state index contributed by atoms with van der Waals surface area (Å²) in [4.78, 5) is 17.7. The number of aliphatic hydroxyl groups excluding tert-OH is 1. The fraction of sp³-hybridized carbons (Fsp3) is 0.583. The maximum absolute atomic E-state index is 13.3. The highest BCUT2D eigenvalue weighted by Gasteiger charge is 2.33. The highest BCUT2D eigenvalue weighted by atomic mass is 16.3. The second-order valence-electron chi connectivity index (χ2n) is 8.52. The molecule has 6 nitrogen and oxygen atoms in total. The van der Waals surface area contributed by atoms with Crippen LogP contribution in [0, 0.1) is 0 Å². The number of aliphatic hydroxyl groups is 1. The molecule has 1 aliphatic heterocycles. The Morgan fingerprint density at radius 1 is 1.20 bits per heavy atom. The van der Waals surface area contributed by atoms with Crippen LogP contribution in [-0.4, -0.2) is 62.9 Å². The van der Waals surface area contributed by atoms with Crippen molar-refractivity contribution in [1.29, 1.82) is 0 Å². The van der Waals surface area contributed by atoms with E-state index in [1.54, 1.807) is 0 Å². The fourth-order valence-corrected chi connectivity index (χ4v) is 5.00. The van der Waals surface area contributed by atoms with Gasteiger partial charge >= 0.3 is 0 Å². The second-order valence-corrected chi connectivity index (χ2v) is 8.52. The molecule has 1 atom stereocenters. The van der Waals surface area contributed by atoms with Gasteiger partial charge in [0.1, 0.15) is 0 Å². The summed E-state index contributed by atoms with van der Waals surface area (Å²) in [5.41, 5.74) is 4.30. The SMILES string of the molecule is CCn1nc(C(=O)N2CCCCC2)c2c1CCC(N(CCO)Cc1ccccc1)C2. The third-order valence-electron chi connectivity index (χ3n) is 6.60. The van der Waals surface area contributed by atoms with Crippen LogP contribution < -0.4 is 0 Å². The first-order chi connectivity index (χ1) is 14.7. The summed E-state index contributed by atoms with van der Waals surface area (Å²) in [5.74, 6) is 0.107. The molecule has 6 heteroatoms. The average Bonchev–Trinajstić information content (AvgIpc) is 3.17. The molecule has 1 aliphatic carbocycles. The number of carbonyl (C=O) groups is 1. The molecule has 2 aliphatic rings. The van der Waals surface area contributed by atoms with Gasteiger partial charge in [-0.3, -0.25) is 14.4 Å². The van der Waals surface area contributed by atoms with Gasteiger partial charge in [-0.15, -0.1) is 0 Å². The number of hydrogen-bond acceptors (Lipinski definition) is 4. The number of aryl methyl sites for hydroxylation is 1. The van der Waals surface area contributed by atoms with Crippen molar-refractivity contribution in [3.63, 3.8) is 0 Å². The summed E-state index contributed by atoms with van der Waals surface area (Å²) in [7, 11) is 0. The lowest BCUT2D eigenvalue weighted by atomic mass is 9.89. The molecule has 2 aromatic rings. The predicted octanol–water partition coefficient (Wildman–Crippen LogP) is 2.88. The molecule has 1 N–H and O–H groups in total. The first kappa shape index (κ1) is 21.1. The number of carbonyl (C=O) groups excluding carboxylic acids is 1. The van der Waals surface area contributed by atoms with E-state index in [4.69, 9.17) is 5.10 Å². The first-order valence-corrected chi connectivity index (χ1v) is 11.5. The number of nitrogens with zero attached hydrogens (tertiary/aromatic N) is 4. The van der Waals surface area contributed by atoms with E-state index >= 15 is 0 Å². The van der Waals surface area contributed by atoms with Gasteiger partial charge in [-0.05, 0) is 51.0 Å². The van der Waals surface area contributed by atoms with Crippen molar-refractivity contribution >= 4 is 5.91 Å². The van der Waals surface area contributed by atoms with Crippen molar-refractivity contribution in [1.82, 2.24) is 19.6 Å². The zero-order valence-electron chi connectivity index (χ0n) is 18.1. The van der Waals surface area contributed by atoms with Gasteiger partial charge in [0.2, 0.25) is 0 Å². The van der Waals surface area contributed by atoms with E-state index in [1.165, 1.54) is 17.7 Å². The number of aromatic nitrogens is 2. The maximum Gasteiger partial charge on any atom is 0.274 e. The summed E-state index contributed by atoms with van der Waals surface area (Å²) in [5, 5.41) is 14.4. The Kier molecular flexibility index (Phi) is 6.85. The standard InChI is InChI=1S/C24H34N4O2/c1-2-28-22-12-11-20(27(15-16-29)18-19-9-5-3-6-10-19)17-21(22)23(25-28)24(30)26-13-7-4-8-14-26/h3,5-6,9-10,20,29H,2,4,7-8,11-18H2,1H3. The largest absolute Gasteiger partial charge is 0.395 e. The number of amides is 1. The zero-order chi connectivity index (χ0) is 20.9. The zero-order valence-corrected chi connectivity index (χ0v) is 18.1. The van der Waals surface area contributed by atoms with E-state index in [1.807, 2.05) is 15.6 Å². The number of rotatable bonds is 7. The number of fused-ring (bicyclic) bond motifs is 1. The molecule has 1 unspecified atom stereocenters. The molecule has 1 amide bonds. The van der Waals surface area contributed by atoms with Gasteiger partial charge in [-0.1, -0.05) is 30.3 Å². The van der Waals surface area contributed by atoms with E-state index in [9.17, 15) is 9.90 Å². The number of hydrogen-bond donors (Lipinski definition) is 1. The van der Waals surface area contributed by atoms with E-state index in [2.05, 4.69) is 36.1 Å². The minimum atomic E-state index is 0.107. The topological polar surface area (TPSA) is 61.6 Å². The van der Waals surface area contributed by atoms with Crippen molar-refractivity contribution in [3.8, 4) is 0 Å². The Balaban J connectivity index is 1.57. The minimum absolute atomic E-state index is 0.107. The lowest BCUT2D eigenvalue weighted by molar-refractivity contribution is 0.0715. The molecule has 1 saturated heterocycles. The molecule has 30 heavy (non-hydrogen) atoms. The smallest absolute Gasteiger partial charge is 0.274 e. The number of benzene rings is 1. The average molecular weight is 411 g/mol. The van der Waals surface area contributed by atoms with E-state index in [-0.39, 0.29) is 12.5 Å². The quantitative estimate of drug-likeness (QED) is 0.762. The van der Waals surface area contributed by atoms with Crippen molar-refractivity contribution in [2.24, 2.45) is 0 Å². The van der Waals surface area contributed by atoms with Crippen LogP contribution in [0.2, 0.25) is 0 Å². The predicted molar refractivity (Wildman–Crippen MR) is 117 cm³/mol. The minimum Gasteiger partial charge on any atom is -0.395 e. The summed E-state index contributed by atoms with van der Waals surface area (Å²) in [6.07, 6.45) is 6.19. The molecule has 0 saturated carbocycles.